The van der Waals surface area contributed by atoms with Gasteiger partial charge in [-0.25, -0.2) is 0 Å². The number of carbonyl (C=O) groups excluding carboxylic acids is 1. The number of carbonyl (C=O) groups is 1. The van der Waals surface area contributed by atoms with Crippen LogP contribution in [0.25, 0.3) is 0 Å². The lowest BCUT2D eigenvalue weighted by molar-refractivity contribution is -0.109. The molecule has 0 aliphatic carbocycles. The van der Waals surface area contributed by atoms with E-state index in [9.17, 15) is 4.79 Å². The molecule has 1 aromatic carbocycles. The first-order valence-electron chi connectivity index (χ1n) is 4.55. The lowest BCUT2D eigenvalue weighted by Crippen LogP contribution is -2.12. The average molecular weight is 177 g/mol. The Morgan fingerprint density at radius 3 is 2.62 bits per heavy atom. The van der Waals surface area contributed by atoms with Crippen molar-refractivity contribution in [1.29, 1.82) is 0 Å². The van der Waals surface area contributed by atoms with E-state index >= 15 is 0 Å². The van der Waals surface area contributed by atoms with Crippen molar-refractivity contribution in [3.05, 3.63) is 35.4 Å². The molecule has 2 heteroatoms. The largest absolute Gasteiger partial charge is 0.359 e. The van der Waals surface area contributed by atoms with Gasteiger partial charge in [-0.3, -0.25) is 4.79 Å². The summed E-state index contributed by atoms with van der Waals surface area (Å²) < 4.78 is 0. The van der Waals surface area contributed by atoms with Gasteiger partial charge in [-0.05, 0) is 25.3 Å². The van der Waals surface area contributed by atoms with Crippen LogP contribution in [0.3, 0.4) is 0 Å². The lowest BCUT2D eigenvalue weighted by atomic mass is 10.1. The van der Waals surface area contributed by atoms with E-state index in [2.05, 4.69) is 36.5 Å². The molecule has 0 fully saturated rings. The number of hydrogen-bond acceptors (Lipinski definition) is 1. The molecule has 0 saturated carbocycles. The molecular formula is C11H15NO. The third-order valence-electron chi connectivity index (χ3n) is 1.99. The molecule has 1 aromatic rings. The second-order valence-corrected chi connectivity index (χ2v) is 3.16. The molecule has 0 aliphatic heterocycles. The topological polar surface area (TPSA) is 29.1 Å². The van der Waals surface area contributed by atoms with Crippen LogP contribution >= 0.6 is 0 Å². The molecule has 0 saturated heterocycles. The monoisotopic (exact) mass is 177 g/mol. The number of aryl methyl sites for hydroxylation is 2. The van der Waals surface area contributed by atoms with Crippen LogP contribution in [-0.2, 0) is 11.2 Å². The molecule has 70 valence electrons. The van der Waals surface area contributed by atoms with Crippen molar-refractivity contribution < 1.29 is 4.79 Å². The fourth-order valence-electron chi connectivity index (χ4n) is 1.21. The minimum Gasteiger partial charge on any atom is -0.359 e. The minimum atomic E-state index is 0.745. The highest BCUT2D eigenvalue weighted by Crippen LogP contribution is 2.04. The van der Waals surface area contributed by atoms with E-state index in [-0.39, 0.29) is 0 Å². The first-order valence-corrected chi connectivity index (χ1v) is 4.55. The van der Waals surface area contributed by atoms with E-state index in [4.69, 9.17) is 0 Å². The van der Waals surface area contributed by atoms with Gasteiger partial charge in [0.1, 0.15) is 0 Å². The summed E-state index contributed by atoms with van der Waals surface area (Å²) in [6.07, 6.45) is 2.78. The minimum absolute atomic E-state index is 0.745. The molecule has 0 heterocycles. The zero-order valence-electron chi connectivity index (χ0n) is 7.92. The van der Waals surface area contributed by atoms with Crippen molar-refractivity contribution in [3.63, 3.8) is 0 Å². The zero-order valence-corrected chi connectivity index (χ0v) is 7.92. The predicted octanol–water partition coefficient (Wildman–Crippen LogP) is 1.67. The number of nitrogens with one attached hydrogen (secondary N) is 1. The van der Waals surface area contributed by atoms with Crippen molar-refractivity contribution in [3.8, 4) is 0 Å². The van der Waals surface area contributed by atoms with E-state index in [1.807, 2.05) is 0 Å². The summed E-state index contributed by atoms with van der Waals surface area (Å²) in [6, 6.07) is 8.50. The highest BCUT2D eigenvalue weighted by molar-refractivity contribution is 5.45. The van der Waals surface area contributed by atoms with Crippen LogP contribution in [0.4, 0.5) is 0 Å². The van der Waals surface area contributed by atoms with Gasteiger partial charge in [0.2, 0.25) is 6.41 Å². The summed E-state index contributed by atoms with van der Waals surface area (Å²) in [4.78, 5) is 9.95. The summed E-state index contributed by atoms with van der Waals surface area (Å²) in [6.45, 7) is 2.84. The molecule has 13 heavy (non-hydrogen) atoms. The third-order valence-corrected chi connectivity index (χ3v) is 1.99. The number of benzene rings is 1. The summed E-state index contributed by atoms with van der Waals surface area (Å²) in [5.41, 5.74) is 2.62. The van der Waals surface area contributed by atoms with Crippen LogP contribution < -0.4 is 5.32 Å². The molecule has 1 rings (SSSR count). The van der Waals surface area contributed by atoms with Crippen molar-refractivity contribution in [1.82, 2.24) is 5.32 Å². The van der Waals surface area contributed by atoms with Gasteiger partial charge >= 0.3 is 0 Å². The van der Waals surface area contributed by atoms with Crippen molar-refractivity contribution in [2.24, 2.45) is 0 Å². The molecule has 0 bridgehead atoms. The Labute approximate surface area is 79.0 Å². The highest BCUT2D eigenvalue weighted by Gasteiger charge is 1.91. The Bertz CT molecular complexity index is 253. The van der Waals surface area contributed by atoms with Gasteiger partial charge in [0.05, 0.1) is 0 Å². The quantitative estimate of drug-likeness (QED) is 0.538. The lowest BCUT2D eigenvalue weighted by Gasteiger charge is -2.01. The Morgan fingerprint density at radius 2 is 2.00 bits per heavy atom. The summed E-state index contributed by atoms with van der Waals surface area (Å²) >= 11 is 0. The molecular weight excluding hydrogens is 162 g/mol. The maximum Gasteiger partial charge on any atom is 0.207 e. The second-order valence-electron chi connectivity index (χ2n) is 3.16. The molecule has 0 unspecified atom stereocenters. The van der Waals surface area contributed by atoms with Gasteiger partial charge in [-0.2, -0.15) is 0 Å². The Balaban J connectivity index is 2.28. The maximum atomic E-state index is 9.95. The van der Waals surface area contributed by atoms with E-state index in [1.165, 1.54) is 11.1 Å². The summed E-state index contributed by atoms with van der Waals surface area (Å²) in [7, 11) is 0. The van der Waals surface area contributed by atoms with Crippen molar-refractivity contribution in [2.45, 2.75) is 19.8 Å². The standard InChI is InChI=1S/C11H15NO/c1-10-4-6-11(7-5-10)3-2-8-12-9-13/h4-7,9H,2-3,8H2,1H3,(H,12,13). The number of rotatable bonds is 5. The van der Waals surface area contributed by atoms with E-state index in [0.29, 0.717) is 0 Å². The number of amides is 1. The van der Waals surface area contributed by atoms with Crippen LogP contribution in [0.15, 0.2) is 24.3 Å². The summed E-state index contributed by atoms with van der Waals surface area (Å²) in [5, 5.41) is 2.65. The highest BCUT2D eigenvalue weighted by atomic mass is 16.1. The van der Waals surface area contributed by atoms with Gasteiger partial charge in [0.25, 0.3) is 0 Å². The van der Waals surface area contributed by atoms with Gasteiger partial charge in [-0.15, -0.1) is 0 Å². The molecule has 1 N–H and O–H groups in total. The molecule has 0 spiro atoms. The normalized spacial score (nSPS) is 9.62. The number of hydrogen-bond donors (Lipinski definition) is 1. The van der Waals surface area contributed by atoms with Crippen LogP contribution in [0.1, 0.15) is 17.5 Å². The van der Waals surface area contributed by atoms with E-state index in [0.717, 1.165) is 25.8 Å². The Kier molecular flexibility index (Phi) is 4.03. The Morgan fingerprint density at radius 1 is 1.31 bits per heavy atom. The van der Waals surface area contributed by atoms with Gasteiger partial charge < -0.3 is 5.32 Å². The molecule has 0 atom stereocenters. The van der Waals surface area contributed by atoms with Crippen molar-refractivity contribution >= 4 is 6.41 Å². The fourth-order valence-corrected chi connectivity index (χ4v) is 1.21. The smallest absolute Gasteiger partial charge is 0.207 e. The molecule has 0 aromatic heterocycles. The van der Waals surface area contributed by atoms with Gasteiger partial charge in [0.15, 0.2) is 0 Å². The SMILES string of the molecule is Cc1ccc(CCCNC=O)cc1. The van der Waals surface area contributed by atoms with Crippen LogP contribution in [-0.4, -0.2) is 13.0 Å². The average Bonchev–Trinajstić information content (AvgIpc) is 2.15. The van der Waals surface area contributed by atoms with Crippen LogP contribution in [0.5, 0.6) is 0 Å². The van der Waals surface area contributed by atoms with E-state index in [1.54, 1.807) is 0 Å². The Hall–Kier alpha value is -1.31. The summed E-state index contributed by atoms with van der Waals surface area (Å²) in [5.74, 6) is 0. The maximum absolute atomic E-state index is 9.95. The van der Waals surface area contributed by atoms with Crippen LogP contribution in [0.2, 0.25) is 0 Å². The molecule has 0 aliphatic rings. The van der Waals surface area contributed by atoms with Gasteiger partial charge in [-0.1, -0.05) is 29.8 Å². The fraction of sp³-hybridized carbons (Fsp3) is 0.364. The molecule has 1 amide bonds. The predicted molar refractivity (Wildman–Crippen MR) is 53.6 cm³/mol. The second kappa shape index (κ2) is 5.36. The van der Waals surface area contributed by atoms with Gasteiger partial charge in [0, 0.05) is 6.54 Å². The van der Waals surface area contributed by atoms with Crippen LogP contribution in [0, 0.1) is 6.92 Å². The first kappa shape index (κ1) is 9.78. The van der Waals surface area contributed by atoms with E-state index < -0.39 is 0 Å². The third kappa shape index (κ3) is 3.74. The molecule has 2 nitrogen and oxygen atoms in total. The first-order chi connectivity index (χ1) is 6.33. The zero-order chi connectivity index (χ0) is 9.52. The molecule has 0 radical (unpaired) electrons. The van der Waals surface area contributed by atoms with Crippen molar-refractivity contribution in [2.75, 3.05) is 6.54 Å².